The Bertz CT molecular complexity index is 1060. The number of nitrogens with one attached hydrogen (secondary N) is 1. The Hall–Kier alpha value is -2.44. The van der Waals surface area contributed by atoms with Crippen LogP contribution in [0.5, 0.6) is 5.75 Å². The van der Waals surface area contributed by atoms with Crippen molar-refractivity contribution in [1.29, 1.82) is 0 Å². The number of H-pyrrole nitrogens is 1. The molecule has 0 amide bonds. The lowest BCUT2D eigenvalue weighted by Gasteiger charge is -2.02. The van der Waals surface area contributed by atoms with Crippen molar-refractivity contribution < 1.29 is 5.11 Å². The van der Waals surface area contributed by atoms with Crippen molar-refractivity contribution in [3.8, 4) is 27.6 Å². The molecule has 1 aromatic carbocycles. The molecule has 0 aliphatic carbocycles. The van der Waals surface area contributed by atoms with Crippen molar-refractivity contribution in [2.45, 2.75) is 6.92 Å². The van der Waals surface area contributed by atoms with E-state index in [1.807, 2.05) is 18.4 Å². The van der Waals surface area contributed by atoms with Crippen LogP contribution in [0.25, 0.3) is 32.0 Å². The molecule has 0 saturated heterocycles. The van der Waals surface area contributed by atoms with E-state index in [9.17, 15) is 9.90 Å². The summed E-state index contributed by atoms with van der Waals surface area (Å²) in [4.78, 5) is 23.0. The molecule has 2 N–H and O–H groups in total. The van der Waals surface area contributed by atoms with Gasteiger partial charge in [0, 0.05) is 26.3 Å². The summed E-state index contributed by atoms with van der Waals surface area (Å²) in [7, 11) is 0. The molecule has 4 aromatic rings. The normalized spacial score (nSPS) is 11.2. The molecule has 4 nitrogen and oxygen atoms in total. The molecule has 0 atom stereocenters. The predicted octanol–water partition coefficient (Wildman–Crippen LogP) is 4.39. The lowest BCUT2D eigenvalue weighted by atomic mass is 10.2. The summed E-state index contributed by atoms with van der Waals surface area (Å²) >= 11 is 3.14. The number of nitrogens with zero attached hydrogens (tertiary/aromatic N) is 1. The first-order valence-electron chi connectivity index (χ1n) is 6.99. The van der Waals surface area contributed by atoms with E-state index < -0.39 is 0 Å². The fourth-order valence-electron chi connectivity index (χ4n) is 2.47. The Balaban J connectivity index is 1.90. The zero-order valence-corrected chi connectivity index (χ0v) is 13.8. The van der Waals surface area contributed by atoms with Gasteiger partial charge in [-0.3, -0.25) is 4.79 Å². The fraction of sp³-hybridized carbons (Fsp3) is 0.0588. The van der Waals surface area contributed by atoms with Crippen molar-refractivity contribution in [1.82, 2.24) is 9.97 Å². The monoisotopic (exact) mass is 340 g/mol. The van der Waals surface area contributed by atoms with Gasteiger partial charge in [0.05, 0.1) is 5.39 Å². The number of aromatic amines is 1. The first-order valence-corrected chi connectivity index (χ1v) is 8.69. The highest BCUT2D eigenvalue weighted by Crippen LogP contribution is 2.35. The highest BCUT2D eigenvalue weighted by molar-refractivity contribution is 7.19. The molecule has 0 saturated carbocycles. The van der Waals surface area contributed by atoms with Crippen molar-refractivity contribution in [2.24, 2.45) is 0 Å². The van der Waals surface area contributed by atoms with Crippen molar-refractivity contribution in [3.63, 3.8) is 0 Å². The fourth-order valence-corrected chi connectivity index (χ4v) is 4.37. The zero-order chi connectivity index (χ0) is 16.0. The van der Waals surface area contributed by atoms with Crippen LogP contribution in [0.1, 0.15) is 4.88 Å². The second-order valence-electron chi connectivity index (χ2n) is 5.20. The molecular formula is C17H12N2O2S2. The SMILES string of the molecule is Cc1ccc(-c2csc3nc(-c4ccc(O)cc4)[nH]c(=O)c23)s1. The van der Waals surface area contributed by atoms with Crippen LogP contribution in [-0.4, -0.2) is 15.1 Å². The lowest BCUT2D eigenvalue weighted by molar-refractivity contribution is 0.475. The molecule has 23 heavy (non-hydrogen) atoms. The van der Waals surface area contributed by atoms with Crippen LogP contribution in [0.2, 0.25) is 0 Å². The number of hydrogen-bond acceptors (Lipinski definition) is 5. The zero-order valence-electron chi connectivity index (χ0n) is 12.2. The summed E-state index contributed by atoms with van der Waals surface area (Å²) in [5, 5.41) is 12.0. The number of aromatic hydroxyl groups is 1. The number of phenols is 1. The van der Waals surface area contributed by atoms with Gasteiger partial charge in [-0.05, 0) is 43.3 Å². The molecule has 3 heterocycles. The van der Waals surface area contributed by atoms with Crippen LogP contribution in [0.3, 0.4) is 0 Å². The van der Waals surface area contributed by atoms with Gasteiger partial charge in [0.15, 0.2) is 0 Å². The first kappa shape index (κ1) is 14.2. The van der Waals surface area contributed by atoms with Crippen LogP contribution >= 0.6 is 22.7 Å². The number of thiophene rings is 2. The lowest BCUT2D eigenvalue weighted by Crippen LogP contribution is -2.08. The van der Waals surface area contributed by atoms with Gasteiger partial charge >= 0.3 is 0 Å². The molecule has 0 unspecified atom stereocenters. The maximum Gasteiger partial charge on any atom is 0.260 e. The van der Waals surface area contributed by atoms with Crippen LogP contribution in [0.4, 0.5) is 0 Å². The van der Waals surface area contributed by atoms with E-state index in [-0.39, 0.29) is 11.3 Å². The summed E-state index contributed by atoms with van der Waals surface area (Å²) in [5.74, 6) is 0.696. The van der Waals surface area contributed by atoms with Gasteiger partial charge in [0.2, 0.25) is 0 Å². The molecular weight excluding hydrogens is 328 g/mol. The highest BCUT2D eigenvalue weighted by Gasteiger charge is 2.14. The van der Waals surface area contributed by atoms with Gasteiger partial charge in [-0.1, -0.05) is 0 Å². The van der Waals surface area contributed by atoms with E-state index in [2.05, 4.69) is 16.0 Å². The number of benzene rings is 1. The average Bonchev–Trinajstić information content (AvgIpc) is 3.14. The number of aryl methyl sites for hydroxylation is 1. The predicted molar refractivity (Wildman–Crippen MR) is 95.4 cm³/mol. The van der Waals surface area contributed by atoms with Gasteiger partial charge in [-0.2, -0.15) is 0 Å². The maximum absolute atomic E-state index is 12.6. The molecule has 0 aliphatic rings. The number of phenolic OH excluding ortho intramolecular Hbond substituents is 1. The Morgan fingerprint density at radius 3 is 2.61 bits per heavy atom. The van der Waals surface area contributed by atoms with E-state index in [0.717, 1.165) is 20.8 Å². The minimum atomic E-state index is -0.139. The van der Waals surface area contributed by atoms with Crippen LogP contribution in [0, 0.1) is 6.92 Å². The third kappa shape index (κ3) is 2.46. The molecule has 0 fully saturated rings. The topological polar surface area (TPSA) is 66.0 Å². The molecule has 114 valence electrons. The van der Waals surface area contributed by atoms with Crippen molar-refractivity contribution in [2.75, 3.05) is 0 Å². The van der Waals surface area contributed by atoms with Crippen LogP contribution in [0.15, 0.2) is 46.6 Å². The minimum Gasteiger partial charge on any atom is -0.508 e. The van der Waals surface area contributed by atoms with E-state index in [1.54, 1.807) is 35.6 Å². The van der Waals surface area contributed by atoms with Gasteiger partial charge in [0.25, 0.3) is 5.56 Å². The van der Waals surface area contributed by atoms with E-state index in [0.29, 0.717) is 11.2 Å². The third-order valence-electron chi connectivity index (χ3n) is 3.59. The van der Waals surface area contributed by atoms with Gasteiger partial charge < -0.3 is 10.1 Å². The molecule has 6 heteroatoms. The van der Waals surface area contributed by atoms with Crippen LogP contribution < -0.4 is 5.56 Å². The molecule has 4 rings (SSSR count). The third-order valence-corrected chi connectivity index (χ3v) is 5.50. The summed E-state index contributed by atoms with van der Waals surface area (Å²) in [6.07, 6.45) is 0. The Kier molecular flexibility index (Phi) is 3.28. The largest absolute Gasteiger partial charge is 0.508 e. The van der Waals surface area contributed by atoms with Gasteiger partial charge in [-0.15, -0.1) is 22.7 Å². The number of rotatable bonds is 2. The molecule has 0 aliphatic heterocycles. The molecule has 0 radical (unpaired) electrons. The Labute approximate surface area is 139 Å². The first-order chi connectivity index (χ1) is 11.1. The standard InChI is InChI=1S/C17H12N2O2S2/c1-9-2-7-13(23-9)12-8-22-17-14(12)16(21)18-15(19-17)10-3-5-11(20)6-4-10/h2-8,20H,1H3,(H,18,19,21). The van der Waals surface area contributed by atoms with Crippen LogP contribution in [-0.2, 0) is 0 Å². The van der Waals surface area contributed by atoms with Gasteiger partial charge in [0.1, 0.15) is 16.4 Å². The quantitative estimate of drug-likeness (QED) is 0.568. The molecule has 3 aromatic heterocycles. The summed E-state index contributed by atoms with van der Waals surface area (Å²) in [5.41, 5.74) is 1.57. The smallest absolute Gasteiger partial charge is 0.260 e. The van der Waals surface area contributed by atoms with Crippen molar-refractivity contribution >= 4 is 32.9 Å². The Morgan fingerprint density at radius 1 is 1.13 bits per heavy atom. The van der Waals surface area contributed by atoms with E-state index in [1.165, 1.54) is 16.2 Å². The number of hydrogen-bond donors (Lipinski definition) is 2. The van der Waals surface area contributed by atoms with Gasteiger partial charge in [-0.25, -0.2) is 4.98 Å². The molecule has 0 bridgehead atoms. The minimum absolute atomic E-state index is 0.139. The average molecular weight is 340 g/mol. The highest BCUT2D eigenvalue weighted by atomic mass is 32.1. The summed E-state index contributed by atoms with van der Waals surface area (Å²) in [6, 6.07) is 10.7. The van der Waals surface area contributed by atoms with E-state index >= 15 is 0 Å². The summed E-state index contributed by atoms with van der Waals surface area (Å²) in [6.45, 7) is 2.05. The summed E-state index contributed by atoms with van der Waals surface area (Å²) < 4.78 is 0. The number of aromatic nitrogens is 2. The van der Waals surface area contributed by atoms with Crippen molar-refractivity contribution in [3.05, 3.63) is 57.0 Å². The second kappa shape index (κ2) is 5.33. The molecule has 0 spiro atoms. The number of fused-ring (bicyclic) bond motifs is 1. The van der Waals surface area contributed by atoms with E-state index in [4.69, 9.17) is 0 Å². The maximum atomic E-state index is 12.6. The second-order valence-corrected chi connectivity index (χ2v) is 7.35. The Morgan fingerprint density at radius 2 is 1.91 bits per heavy atom.